The van der Waals surface area contributed by atoms with Gasteiger partial charge in [-0.25, -0.2) is 0 Å². The molecule has 0 radical (unpaired) electrons. The Bertz CT molecular complexity index is 426. The number of benzene rings is 1. The maximum atomic E-state index is 9.97. The highest BCUT2D eigenvalue weighted by Crippen LogP contribution is 2.32. The van der Waals surface area contributed by atoms with Crippen molar-refractivity contribution in [2.24, 2.45) is 5.92 Å². The van der Waals surface area contributed by atoms with Crippen molar-refractivity contribution in [3.63, 3.8) is 0 Å². The van der Waals surface area contributed by atoms with E-state index in [1.165, 1.54) is 5.56 Å². The SMILES string of the molecule is CC[C@@H](O)[C@@H](I)[C@H]1CC[C@@H]([C@H](C)COCc2ccccc2)O1. The Morgan fingerprint density at radius 1 is 1.27 bits per heavy atom. The van der Waals surface area contributed by atoms with Gasteiger partial charge in [0.2, 0.25) is 0 Å². The monoisotopic (exact) mass is 418 g/mol. The van der Waals surface area contributed by atoms with E-state index in [2.05, 4.69) is 41.6 Å². The van der Waals surface area contributed by atoms with Gasteiger partial charge in [-0.3, -0.25) is 0 Å². The highest BCUT2D eigenvalue weighted by Gasteiger charge is 2.35. The van der Waals surface area contributed by atoms with E-state index >= 15 is 0 Å². The third-order valence-corrected chi connectivity index (χ3v) is 5.99. The summed E-state index contributed by atoms with van der Waals surface area (Å²) in [6, 6.07) is 10.3. The van der Waals surface area contributed by atoms with Gasteiger partial charge in [0.05, 0.1) is 35.5 Å². The van der Waals surface area contributed by atoms with Gasteiger partial charge in [-0.15, -0.1) is 0 Å². The van der Waals surface area contributed by atoms with Gasteiger partial charge < -0.3 is 14.6 Å². The second-order valence-corrected chi connectivity index (χ2v) is 7.63. The predicted molar refractivity (Wildman–Crippen MR) is 97.3 cm³/mol. The summed E-state index contributed by atoms with van der Waals surface area (Å²) in [6.07, 6.45) is 3.05. The van der Waals surface area contributed by atoms with Crippen LogP contribution >= 0.6 is 22.6 Å². The van der Waals surface area contributed by atoms with Crippen molar-refractivity contribution in [3.05, 3.63) is 35.9 Å². The van der Waals surface area contributed by atoms with Crippen LogP contribution in [-0.2, 0) is 16.1 Å². The molecule has 3 nitrogen and oxygen atoms in total. The van der Waals surface area contributed by atoms with Gasteiger partial charge in [-0.1, -0.05) is 66.8 Å². The van der Waals surface area contributed by atoms with Gasteiger partial charge in [0.1, 0.15) is 0 Å². The van der Waals surface area contributed by atoms with Crippen molar-refractivity contribution >= 4 is 22.6 Å². The lowest BCUT2D eigenvalue weighted by atomic mass is 10.0. The summed E-state index contributed by atoms with van der Waals surface area (Å²) in [5, 5.41) is 9.97. The first-order valence-electron chi connectivity index (χ1n) is 8.21. The first-order chi connectivity index (χ1) is 10.6. The average Bonchev–Trinajstić information content (AvgIpc) is 3.04. The molecular weight excluding hydrogens is 391 g/mol. The molecular formula is C18H27IO3. The van der Waals surface area contributed by atoms with E-state index in [4.69, 9.17) is 9.47 Å². The van der Waals surface area contributed by atoms with Crippen molar-refractivity contribution in [1.82, 2.24) is 0 Å². The summed E-state index contributed by atoms with van der Waals surface area (Å²) < 4.78 is 12.2. The molecule has 0 unspecified atom stereocenters. The molecule has 0 aromatic heterocycles. The Morgan fingerprint density at radius 2 is 1.95 bits per heavy atom. The van der Waals surface area contributed by atoms with Crippen LogP contribution < -0.4 is 0 Å². The van der Waals surface area contributed by atoms with Gasteiger partial charge in [-0.05, 0) is 24.8 Å². The number of hydrogen-bond acceptors (Lipinski definition) is 3. The number of halogens is 1. The Hall–Kier alpha value is -0.170. The quantitative estimate of drug-likeness (QED) is 0.513. The molecule has 0 bridgehead atoms. The highest BCUT2D eigenvalue weighted by molar-refractivity contribution is 14.1. The zero-order valence-corrected chi connectivity index (χ0v) is 15.6. The van der Waals surface area contributed by atoms with Crippen molar-refractivity contribution in [2.45, 2.75) is 62.0 Å². The topological polar surface area (TPSA) is 38.7 Å². The zero-order chi connectivity index (χ0) is 15.9. The Morgan fingerprint density at radius 3 is 2.64 bits per heavy atom. The molecule has 4 heteroatoms. The first kappa shape index (κ1) is 18.2. The second-order valence-electron chi connectivity index (χ2n) is 6.19. The summed E-state index contributed by atoms with van der Waals surface area (Å²) in [5.41, 5.74) is 1.21. The summed E-state index contributed by atoms with van der Waals surface area (Å²) in [6.45, 7) is 5.58. The molecule has 2 rings (SSSR count). The van der Waals surface area contributed by atoms with E-state index in [1.54, 1.807) is 0 Å². The molecule has 1 aliphatic heterocycles. The number of hydrogen-bond donors (Lipinski definition) is 1. The summed E-state index contributed by atoms with van der Waals surface area (Å²) in [5.74, 6) is 0.385. The molecule has 22 heavy (non-hydrogen) atoms. The minimum absolute atomic E-state index is 0.178. The molecule has 1 heterocycles. The van der Waals surface area contributed by atoms with E-state index in [-0.39, 0.29) is 22.2 Å². The Kier molecular flexibility index (Phi) is 7.60. The summed E-state index contributed by atoms with van der Waals surface area (Å²) in [4.78, 5) is 0. The fraction of sp³-hybridized carbons (Fsp3) is 0.667. The predicted octanol–water partition coefficient (Wildman–Crippen LogP) is 3.96. The standard InChI is InChI=1S/C18H27IO3/c1-3-15(20)18(19)17-10-9-16(22-17)13(2)11-21-12-14-7-5-4-6-8-14/h4-8,13,15-18,20H,3,9-12H2,1-2H3/t13-,15-,16+,17-,18-/m1/s1. The summed E-state index contributed by atoms with van der Waals surface area (Å²) in [7, 11) is 0. The molecule has 1 fully saturated rings. The van der Waals surface area contributed by atoms with E-state index < -0.39 is 0 Å². The van der Waals surface area contributed by atoms with E-state index in [1.807, 2.05) is 25.1 Å². The maximum absolute atomic E-state index is 9.97. The number of aliphatic hydroxyl groups excluding tert-OH is 1. The van der Waals surface area contributed by atoms with Crippen molar-refractivity contribution in [2.75, 3.05) is 6.61 Å². The molecule has 1 N–H and O–H groups in total. The van der Waals surface area contributed by atoms with Crippen LogP contribution in [0.25, 0.3) is 0 Å². The molecule has 0 spiro atoms. The van der Waals surface area contributed by atoms with Crippen LogP contribution in [0.1, 0.15) is 38.7 Å². The van der Waals surface area contributed by atoms with Crippen molar-refractivity contribution in [3.8, 4) is 0 Å². The van der Waals surface area contributed by atoms with Crippen LogP contribution in [0, 0.1) is 5.92 Å². The molecule has 124 valence electrons. The third-order valence-electron chi connectivity index (χ3n) is 4.35. The van der Waals surface area contributed by atoms with Crippen LogP contribution in [-0.4, -0.2) is 33.9 Å². The molecule has 0 saturated carbocycles. The lowest BCUT2D eigenvalue weighted by molar-refractivity contribution is -0.0274. The molecule has 1 aromatic rings. The van der Waals surface area contributed by atoms with Gasteiger partial charge in [0.25, 0.3) is 0 Å². The number of rotatable bonds is 8. The number of aliphatic hydroxyl groups is 1. The molecule has 0 amide bonds. The summed E-state index contributed by atoms with van der Waals surface area (Å²) >= 11 is 2.33. The minimum Gasteiger partial charge on any atom is -0.392 e. The lowest BCUT2D eigenvalue weighted by Gasteiger charge is -2.25. The molecule has 1 aromatic carbocycles. The van der Waals surface area contributed by atoms with Crippen LogP contribution in [0.4, 0.5) is 0 Å². The minimum atomic E-state index is -0.269. The second kappa shape index (κ2) is 9.21. The maximum Gasteiger partial charge on any atom is 0.0722 e. The fourth-order valence-electron chi connectivity index (χ4n) is 2.86. The molecule has 5 atom stereocenters. The largest absolute Gasteiger partial charge is 0.392 e. The van der Waals surface area contributed by atoms with E-state index in [0.29, 0.717) is 19.1 Å². The number of alkyl halides is 1. The molecule has 1 saturated heterocycles. The lowest BCUT2D eigenvalue weighted by Crippen LogP contribution is -2.33. The van der Waals surface area contributed by atoms with Crippen LogP contribution in [0.2, 0.25) is 0 Å². The van der Waals surface area contributed by atoms with Crippen molar-refractivity contribution < 1.29 is 14.6 Å². The zero-order valence-electron chi connectivity index (χ0n) is 13.5. The Balaban J connectivity index is 1.71. The van der Waals surface area contributed by atoms with Crippen LogP contribution in [0.3, 0.4) is 0 Å². The molecule has 0 aliphatic carbocycles. The fourth-order valence-corrected chi connectivity index (χ4v) is 3.90. The van der Waals surface area contributed by atoms with Crippen LogP contribution in [0.5, 0.6) is 0 Å². The molecule has 1 aliphatic rings. The van der Waals surface area contributed by atoms with Gasteiger partial charge in [0.15, 0.2) is 0 Å². The van der Waals surface area contributed by atoms with Gasteiger partial charge in [0, 0.05) is 5.92 Å². The van der Waals surface area contributed by atoms with E-state index in [0.717, 1.165) is 19.3 Å². The number of ether oxygens (including phenoxy) is 2. The van der Waals surface area contributed by atoms with Crippen LogP contribution in [0.15, 0.2) is 30.3 Å². The van der Waals surface area contributed by atoms with Crippen molar-refractivity contribution in [1.29, 1.82) is 0 Å². The normalized spacial score (nSPS) is 25.8. The average molecular weight is 418 g/mol. The first-order valence-corrected chi connectivity index (χ1v) is 9.45. The van der Waals surface area contributed by atoms with E-state index in [9.17, 15) is 5.11 Å². The smallest absolute Gasteiger partial charge is 0.0722 e. The van der Waals surface area contributed by atoms with Gasteiger partial charge >= 0.3 is 0 Å². The third kappa shape index (κ3) is 5.18. The highest BCUT2D eigenvalue weighted by atomic mass is 127. The Labute approximate surface area is 147 Å². The van der Waals surface area contributed by atoms with Gasteiger partial charge in [-0.2, -0.15) is 0 Å².